The minimum Gasteiger partial charge on any atom is -0.497 e. The van der Waals surface area contributed by atoms with Gasteiger partial charge >= 0.3 is 0 Å². The van der Waals surface area contributed by atoms with E-state index >= 15 is 0 Å². The molecule has 0 saturated carbocycles. The van der Waals surface area contributed by atoms with Crippen LogP contribution in [0.4, 0.5) is 0 Å². The maximum Gasteiger partial charge on any atom is 0.231 e. The molecular formula is C20H17NO5. The third-order valence-electron chi connectivity index (χ3n) is 4.06. The number of rotatable bonds is 5. The van der Waals surface area contributed by atoms with Crippen molar-refractivity contribution in [2.24, 2.45) is 0 Å². The number of benzene rings is 2. The van der Waals surface area contributed by atoms with Crippen molar-refractivity contribution in [3.05, 3.63) is 52.8 Å². The van der Waals surface area contributed by atoms with E-state index in [1.54, 1.807) is 57.6 Å². The van der Waals surface area contributed by atoms with Crippen LogP contribution in [0.1, 0.15) is 21.5 Å². The van der Waals surface area contributed by atoms with Gasteiger partial charge in [-0.2, -0.15) is 5.26 Å². The van der Waals surface area contributed by atoms with Crippen LogP contribution in [0.3, 0.4) is 0 Å². The molecule has 0 aliphatic carbocycles. The summed E-state index contributed by atoms with van der Waals surface area (Å²) >= 11 is 0. The van der Waals surface area contributed by atoms with Crippen molar-refractivity contribution in [1.82, 2.24) is 0 Å². The lowest BCUT2D eigenvalue weighted by atomic mass is 10.1. The number of fused-ring (bicyclic) bond motifs is 1. The summed E-state index contributed by atoms with van der Waals surface area (Å²) in [6.45, 7) is 1.72. The lowest BCUT2D eigenvalue weighted by molar-refractivity contribution is 0.101. The van der Waals surface area contributed by atoms with Crippen molar-refractivity contribution in [2.75, 3.05) is 20.8 Å². The minimum atomic E-state index is -0.215. The fraction of sp³-hybridized carbons (Fsp3) is 0.200. The fourth-order valence-corrected chi connectivity index (χ4v) is 2.71. The van der Waals surface area contributed by atoms with E-state index in [2.05, 4.69) is 0 Å². The van der Waals surface area contributed by atoms with Crippen molar-refractivity contribution in [1.29, 1.82) is 5.26 Å². The first kappa shape index (κ1) is 17.4. The van der Waals surface area contributed by atoms with Crippen LogP contribution in [0.15, 0.2) is 36.1 Å². The molecule has 6 nitrogen and oxygen atoms in total. The predicted octanol–water partition coefficient (Wildman–Crippen LogP) is 3.53. The summed E-state index contributed by atoms with van der Waals surface area (Å²) in [7, 11) is 3.12. The Bertz CT molecular complexity index is 940. The Morgan fingerprint density at radius 1 is 1.15 bits per heavy atom. The second-order valence-corrected chi connectivity index (χ2v) is 5.56. The maximum atomic E-state index is 12.6. The highest BCUT2D eigenvalue weighted by Gasteiger charge is 2.30. The molecule has 2 aromatic rings. The van der Waals surface area contributed by atoms with Crippen LogP contribution < -0.4 is 18.9 Å². The Morgan fingerprint density at radius 2 is 1.96 bits per heavy atom. The van der Waals surface area contributed by atoms with Gasteiger partial charge in [0, 0.05) is 17.2 Å². The molecule has 0 bridgehead atoms. The smallest absolute Gasteiger partial charge is 0.231 e. The van der Waals surface area contributed by atoms with E-state index < -0.39 is 0 Å². The number of nitrogens with zero attached hydrogens (tertiary/aromatic N) is 1. The first-order chi connectivity index (χ1) is 12.6. The number of Topliss-reactive ketones (excluding diaryl/α,β-unsaturated/α-hetero) is 1. The summed E-state index contributed by atoms with van der Waals surface area (Å²) < 4.78 is 21.7. The molecule has 26 heavy (non-hydrogen) atoms. The number of methoxy groups -OCH3 is 2. The highest BCUT2D eigenvalue weighted by Crippen LogP contribution is 2.40. The Hall–Kier alpha value is -3.46. The molecule has 0 amide bonds. The lowest BCUT2D eigenvalue weighted by Crippen LogP contribution is -1.99. The van der Waals surface area contributed by atoms with Crippen LogP contribution in [-0.4, -0.2) is 26.6 Å². The molecule has 1 aliphatic rings. The Kier molecular flexibility index (Phi) is 4.81. The van der Waals surface area contributed by atoms with E-state index in [4.69, 9.17) is 24.2 Å². The largest absolute Gasteiger partial charge is 0.497 e. The summed E-state index contributed by atoms with van der Waals surface area (Å²) in [6.07, 6.45) is 1.63. The van der Waals surface area contributed by atoms with E-state index in [0.717, 1.165) is 0 Å². The highest BCUT2D eigenvalue weighted by atomic mass is 16.5. The Labute approximate surface area is 151 Å². The van der Waals surface area contributed by atoms with Crippen LogP contribution in [0.25, 0.3) is 6.08 Å². The summed E-state index contributed by atoms with van der Waals surface area (Å²) in [5.41, 5.74) is 1.84. The molecule has 0 fully saturated rings. The molecule has 0 N–H and O–H groups in total. The second-order valence-electron chi connectivity index (χ2n) is 5.56. The van der Waals surface area contributed by atoms with Gasteiger partial charge in [0.25, 0.3) is 0 Å². The summed E-state index contributed by atoms with van der Waals surface area (Å²) in [4.78, 5) is 12.6. The molecule has 6 heteroatoms. The van der Waals surface area contributed by atoms with Gasteiger partial charge in [0.15, 0.2) is 12.4 Å². The molecule has 0 aromatic heterocycles. The van der Waals surface area contributed by atoms with Crippen LogP contribution in [0.5, 0.6) is 23.0 Å². The van der Waals surface area contributed by atoms with E-state index in [-0.39, 0.29) is 18.1 Å². The highest BCUT2D eigenvalue weighted by molar-refractivity contribution is 6.15. The number of carbonyl (C=O) groups excluding carboxylic acids is 1. The SMILES string of the molecule is COc1ccc(/C=C2\Oc3c(ccc(OCC#N)c3C)C2=O)c(OC)c1. The van der Waals surface area contributed by atoms with E-state index in [1.165, 1.54) is 0 Å². The first-order valence-corrected chi connectivity index (χ1v) is 7.88. The molecule has 0 unspecified atom stereocenters. The zero-order valence-corrected chi connectivity index (χ0v) is 14.7. The van der Waals surface area contributed by atoms with E-state index in [0.29, 0.717) is 39.7 Å². The normalized spacial score (nSPS) is 13.8. The summed E-state index contributed by atoms with van der Waals surface area (Å²) in [5.74, 6) is 2.17. The molecule has 0 spiro atoms. The van der Waals surface area contributed by atoms with Gasteiger partial charge in [0.05, 0.1) is 19.8 Å². The van der Waals surface area contributed by atoms with E-state index in [1.807, 2.05) is 6.07 Å². The van der Waals surface area contributed by atoms with Crippen LogP contribution >= 0.6 is 0 Å². The van der Waals surface area contributed by atoms with Gasteiger partial charge in [-0.1, -0.05) is 0 Å². The van der Waals surface area contributed by atoms with Gasteiger partial charge in [-0.3, -0.25) is 4.79 Å². The minimum absolute atomic E-state index is 0.0701. The van der Waals surface area contributed by atoms with Gasteiger partial charge in [-0.15, -0.1) is 0 Å². The maximum absolute atomic E-state index is 12.6. The van der Waals surface area contributed by atoms with Crippen molar-refractivity contribution in [3.8, 4) is 29.1 Å². The average molecular weight is 351 g/mol. The van der Waals surface area contributed by atoms with Gasteiger partial charge in [0.2, 0.25) is 5.78 Å². The number of carbonyl (C=O) groups is 1. The number of nitriles is 1. The molecule has 132 valence electrons. The average Bonchev–Trinajstić information content (AvgIpc) is 2.98. The zero-order valence-electron chi connectivity index (χ0n) is 14.7. The van der Waals surface area contributed by atoms with Crippen LogP contribution in [0, 0.1) is 18.3 Å². The van der Waals surface area contributed by atoms with Gasteiger partial charge in [0.1, 0.15) is 29.1 Å². The van der Waals surface area contributed by atoms with Gasteiger partial charge in [-0.25, -0.2) is 0 Å². The fourth-order valence-electron chi connectivity index (χ4n) is 2.71. The van der Waals surface area contributed by atoms with Crippen LogP contribution in [0.2, 0.25) is 0 Å². The molecule has 0 radical (unpaired) electrons. The van der Waals surface area contributed by atoms with Crippen molar-refractivity contribution in [3.63, 3.8) is 0 Å². The van der Waals surface area contributed by atoms with Gasteiger partial charge in [-0.05, 0) is 37.3 Å². The molecule has 1 heterocycles. The Morgan fingerprint density at radius 3 is 2.65 bits per heavy atom. The van der Waals surface area contributed by atoms with Crippen molar-refractivity contribution < 1.29 is 23.7 Å². The zero-order chi connectivity index (χ0) is 18.7. The molecule has 3 rings (SSSR count). The number of allylic oxidation sites excluding steroid dienone is 1. The Balaban J connectivity index is 1.96. The number of hydrogen-bond donors (Lipinski definition) is 0. The third kappa shape index (κ3) is 3.07. The molecule has 1 aliphatic heterocycles. The van der Waals surface area contributed by atoms with Crippen LogP contribution in [-0.2, 0) is 0 Å². The monoisotopic (exact) mass is 351 g/mol. The molecule has 2 aromatic carbocycles. The number of ketones is 1. The summed E-state index contributed by atoms with van der Waals surface area (Å²) in [6, 6.07) is 10.5. The van der Waals surface area contributed by atoms with Gasteiger partial charge < -0.3 is 18.9 Å². The van der Waals surface area contributed by atoms with Crippen molar-refractivity contribution in [2.45, 2.75) is 6.92 Å². The number of hydrogen-bond acceptors (Lipinski definition) is 6. The van der Waals surface area contributed by atoms with E-state index in [9.17, 15) is 4.79 Å². The predicted molar refractivity (Wildman–Crippen MR) is 94.8 cm³/mol. The topological polar surface area (TPSA) is 77.8 Å². The molecular weight excluding hydrogens is 334 g/mol. The summed E-state index contributed by atoms with van der Waals surface area (Å²) in [5, 5.41) is 8.66. The van der Waals surface area contributed by atoms with Crippen molar-refractivity contribution >= 4 is 11.9 Å². The molecule has 0 atom stereocenters. The molecule has 0 saturated heterocycles. The third-order valence-corrected chi connectivity index (χ3v) is 4.06. The quantitative estimate of drug-likeness (QED) is 0.767. The lowest BCUT2D eigenvalue weighted by Gasteiger charge is -2.09. The standard InChI is InChI=1S/C20H17NO5/c1-12-16(25-9-8-21)7-6-15-19(22)18(26-20(12)15)10-13-4-5-14(23-2)11-17(13)24-3/h4-7,10-11H,9H2,1-3H3/b18-10-. The second kappa shape index (κ2) is 7.19. The first-order valence-electron chi connectivity index (χ1n) is 7.88. The number of ether oxygens (including phenoxy) is 4.